The van der Waals surface area contributed by atoms with Gasteiger partial charge in [0.2, 0.25) is 5.91 Å². The molecule has 5 nitrogen and oxygen atoms in total. The fourth-order valence-corrected chi connectivity index (χ4v) is 2.66. The lowest BCUT2D eigenvalue weighted by Crippen LogP contribution is -2.32. The van der Waals surface area contributed by atoms with E-state index in [0.717, 1.165) is 12.0 Å². The Balaban J connectivity index is 1.73. The van der Waals surface area contributed by atoms with E-state index < -0.39 is 5.76 Å². The minimum absolute atomic E-state index is 0.0284. The lowest BCUT2D eigenvalue weighted by molar-refractivity contribution is -0.131. The van der Waals surface area contributed by atoms with Gasteiger partial charge in [0.05, 0.1) is 5.52 Å². The summed E-state index contributed by atoms with van der Waals surface area (Å²) in [6.07, 6.45) is 0.992. The summed E-state index contributed by atoms with van der Waals surface area (Å²) in [5.74, 6) is -0.645. The highest BCUT2D eigenvalue weighted by Gasteiger charge is 2.15. The van der Waals surface area contributed by atoms with Crippen LogP contribution in [0.25, 0.3) is 11.1 Å². The van der Waals surface area contributed by atoms with Gasteiger partial charge >= 0.3 is 5.76 Å². The molecule has 0 radical (unpaired) electrons. The van der Waals surface area contributed by atoms with Crippen molar-refractivity contribution in [2.75, 3.05) is 7.05 Å². The number of nitrogens with zero attached hydrogens (tertiary/aromatic N) is 2. The number of carbonyl (C=O) groups excluding carboxylic acids is 1. The largest absolute Gasteiger partial charge is 0.420 e. The average Bonchev–Trinajstić information content (AvgIpc) is 2.91. The second-order valence-electron chi connectivity index (χ2n) is 5.84. The molecule has 0 spiro atoms. The Morgan fingerprint density at radius 2 is 1.75 bits per heavy atom. The van der Waals surface area contributed by atoms with Crippen molar-refractivity contribution in [3.8, 4) is 0 Å². The normalized spacial score (nSPS) is 10.9. The number of hydrogen-bond donors (Lipinski definition) is 0. The van der Waals surface area contributed by atoms with Gasteiger partial charge in [-0.25, -0.2) is 4.79 Å². The van der Waals surface area contributed by atoms with Gasteiger partial charge in [0, 0.05) is 13.6 Å². The van der Waals surface area contributed by atoms with Gasteiger partial charge in [-0.3, -0.25) is 9.36 Å². The number of oxazole rings is 1. The molecule has 1 amide bonds. The van der Waals surface area contributed by atoms with Gasteiger partial charge in [0.25, 0.3) is 0 Å². The first-order valence-corrected chi connectivity index (χ1v) is 7.98. The van der Waals surface area contributed by atoms with Crippen molar-refractivity contribution in [1.29, 1.82) is 0 Å². The molecule has 5 heteroatoms. The second-order valence-corrected chi connectivity index (χ2v) is 5.84. The summed E-state index contributed by atoms with van der Waals surface area (Å²) < 4.78 is 6.53. The maximum absolute atomic E-state index is 12.5. The molecule has 0 unspecified atom stereocenters. The monoisotopic (exact) mass is 324 g/mol. The first kappa shape index (κ1) is 16.1. The van der Waals surface area contributed by atoms with Crippen molar-refractivity contribution >= 4 is 17.0 Å². The van der Waals surface area contributed by atoms with Gasteiger partial charge in [-0.1, -0.05) is 43.3 Å². The number of rotatable bonds is 5. The molecule has 124 valence electrons. The minimum Gasteiger partial charge on any atom is -0.408 e. The molecule has 0 N–H and O–H groups in total. The van der Waals surface area contributed by atoms with Crippen molar-refractivity contribution < 1.29 is 9.21 Å². The predicted octanol–water partition coefficient (Wildman–Crippen LogP) is 2.82. The Hall–Kier alpha value is -2.82. The summed E-state index contributed by atoms with van der Waals surface area (Å²) in [5, 5.41) is 0. The summed E-state index contributed by atoms with van der Waals surface area (Å²) in [6.45, 7) is 2.59. The number of benzene rings is 2. The molecule has 2 aromatic carbocycles. The molecule has 24 heavy (non-hydrogen) atoms. The third-order valence-corrected chi connectivity index (χ3v) is 4.14. The van der Waals surface area contributed by atoms with Crippen LogP contribution >= 0.6 is 0 Å². The third kappa shape index (κ3) is 3.25. The van der Waals surface area contributed by atoms with Crippen LogP contribution in [0.1, 0.15) is 18.1 Å². The first-order valence-electron chi connectivity index (χ1n) is 7.98. The van der Waals surface area contributed by atoms with Crippen molar-refractivity contribution in [1.82, 2.24) is 9.47 Å². The summed E-state index contributed by atoms with van der Waals surface area (Å²) >= 11 is 0. The standard InChI is InChI=1S/C19H20N2O3/c1-3-14-8-10-15(11-9-14)12-20(2)18(22)13-21-16-6-4-5-7-17(16)24-19(21)23/h4-11H,3,12-13H2,1-2H3. The van der Waals surface area contributed by atoms with E-state index in [2.05, 4.69) is 19.1 Å². The Kier molecular flexibility index (Phi) is 4.51. The molecule has 3 rings (SSSR count). The Morgan fingerprint density at radius 1 is 1.08 bits per heavy atom. The number of hydrogen-bond acceptors (Lipinski definition) is 3. The lowest BCUT2D eigenvalue weighted by Gasteiger charge is -2.17. The van der Waals surface area contributed by atoms with E-state index in [4.69, 9.17) is 4.42 Å². The number of likely N-dealkylation sites (N-methyl/N-ethyl adjacent to an activating group) is 1. The summed E-state index contributed by atoms with van der Waals surface area (Å²) in [5.41, 5.74) is 3.46. The predicted molar refractivity (Wildman–Crippen MR) is 92.8 cm³/mol. The molecule has 0 atom stereocenters. The van der Waals surface area contributed by atoms with Crippen LogP contribution in [-0.2, 0) is 24.3 Å². The average molecular weight is 324 g/mol. The van der Waals surface area contributed by atoms with Crippen LogP contribution < -0.4 is 5.76 Å². The SMILES string of the molecule is CCc1ccc(CN(C)C(=O)Cn2c(=O)oc3ccccc32)cc1. The van der Waals surface area contributed by atoms with Gasteiger partial charge in [-0.15, -0.1) is 0 Å². The van der Waals surface area contributed by atoms with Crippen molar-refractivity contribution in [2.24, 2.45) is 0 Å². The molecular formula is C19H20N2O3. The highest BCUT2D eigenvalue weighted by molar-refractivity contribution is 5.79. The van der Waals surface area contributed by atoms with Gasteiger partial charge in [0.15, 0.2) is 5.58 Å². The minimum atomic E-state index is -0.509. The number of aryl methyl sites for hydroxylation is 1. The van der Waals surface area contributed by atoms with Crippen molar-refractivity contribution in [3.05, 3.63) is 70.2 Å². The molecule has 0 aliphatic rings. The number of para-hydroxylation sites is 2. The van der Waals surface area contributed by atoms with Crippen molar-refractivity contribution in [2.45, 2.75) is 26.4 Å². The Bertz CT molecular complexity index is 906. The van der Waals surface area contributed by atoms with Gasteiger partial charge in [-0.2, -0.15) is 0 Å². The van der Waals surface area contributed by atoms with E-state index in [0.29, 0.717) is 17.6 Å². The summed E-state index contributed by atoms with van der Waals surface area (Å²) in [6, 6.07) is 15.3. The number of carbonyl (C=O) groups is 1. The van der Waals surface area contributed by atoms with E-state index in [1.54, 1.807) is 30.1 Å². The van der Waals surface area contributed by atoms with E-state index >= 15 is 0 Å². The zero-order valence-corrected chi connectivity index (χ0v) is 13.9. The number of fused-ring (bicyclic) bond motifs is 1. The van der Waals surface area contributed by atoms with Crippen LogP contribution in [0.4, 0.5) is 0 Å². The highest BCUT2D eigenvalue weighted by Crippen LogP contribution is 2.12. The molecule has 0 saturated heterocycles. The number of aromatic nitrogens is 1. The molecular weight excluding hydrogens is 304 g/mol. The topological polar surface area (TPSA) is 55.5 Å². The number of amides is 1. The molecule has 1 heterocycles. The van der Waals surface area contributed by atoms with Crippen molar-refractivity contribution in [3.63, 3.8) is 0 Å². The van der Waals surface area contributed by atoms with Crippen LogP contribution in [0.5, 0.6) is 0 Å². The maximum atomic E-state index is 12.5. The van der Waals surface area contributed by atoms with Crippen LogP contribution in [-0.4, -0.2) is 22.4 Å². The van der Waals surface area contributed by atoms with Crippen LogP contribution in [0.3, 0.4) is 0 Å². The Labute approximate surface area is 140 Å². The lowest BCUT2D eigenvalue weighted by atomic mass is 10.1. The van der Waals surface area contributed by atoms with E-state index in [1.807, 2.05) is 18.2 Å². The van der Waals surface area contributed by atoms with E-state index in [1.165, 1.54) is 10.1 Å². The van der Waals surface area contributed by atoms with Gasteiger partial charge in [-0.05, 0) is 29.7 Å². The highest BCUT2D eigenvalue weighted by atomic mass is 16.4. The zero-order valence-electron chi connectivity index (χ0n) is 13.9. The van der Waals surface area contributed by atoms with Gasteiger partial charge < -0.3 is 9.32 Å². The van der Waals surface area contributed by atoms with Crippen LogP contribution in [0, 0.1) is 0 Å². The van der Waals surface area contributed by atoms with Crippen LogP contribution in [0.15, 0.2) is 57.7 Å². The second kappa shape index (κ2) is 6.74. The smallest absolute Gasteiger partial charge is 0.408 e. The summed E-state index contributed by atoms with van der Waals surface area (Å²) in [7, 11) is 1.74. The fraction of sp³-hybridized carbons (Fsp3) is 0.263. The first-order chi connectivity index (χ1) is 11.6. The molecule has 0 saturated carbocycles. The molecule has 0 fully saturated rings. The summed E-state index contributed by atoms with van der Waals surface area (Å²) in [4.78, 5) is 26.0. The quantitative estimate of drug-likeness (QED) is 0.725. The molecule has 3 aromatic rings. The maximum Gasteiger partial charge on any atom is 0.420 e. The fourth-order valence-electron chi connectivity index (χ4n) is 2.66. The molecule has 0 bridgehead atoms. The van der Waals surface area contributed by atoms with Crippen LogP contribution in [0.2, 0.25) is 0 Å². The van der Waals surface area contributed by atoms with E-state index in [-0.39, 0.29) is 12.5 Å². The Morgan fingerprint density at radius 3 is 2.46 bits per heavy atom. The zero-order chi connectivity index (χ0) is 17.1. The molecule has 0 aliphatic heterocycles. The third-order valence-electron chi connectivity index (χ3n) is 4.14. The molecule has 0 aliphatic carbocycles. The van der Waals surface area contributed by atoms with E-state index in [9.17, 15) is 9.59 Å². The molecule has 1 aromatic heterocycles. The van der Waals surface area contributed by atoms with Gasteiger partial charge in [0.1, 0.15) is 6.54 Å².